The van der Waals surface area contributed by atoms with E-state index in [2.05, 4.69) is 20.5 Å². The van der Waals surface area contributed by atoms with Gasteiger partial charge in [-0.05, 0) is 36.9 Å². The van der Waals surface area contributed by atoms with Gasteiger partial charge in [-0.25, -0.2) is 4.98 Å². The molecule has 4 N–H and O–H groups in total. The van der Waals surface area contributed by atoms with E-state index in [4.69, 9.17) is 5.73 Å². The number of nitrogen functional groups attached to an aromatic ring is 1. The zero-order valence-electron chi connectivity index (χ0n) is 9.80. The number of benzene rings is 1. The first kappa shape index (κ1) is 12.4. The van der Waals surface area contributed by atoms with Crippen LogP contribution >= 0.6 is 11.8 Å². The lowest BCUT2D eigenvalue weighted by molar-refractivity contribution is 0.0953. The predicted molar refractivity (Wildman–Crippen MR) is 69.4 cm³/mol. The molecule has 0 aliphatic heterocycles. The molecule has 0 bridgehead atoms. The Kier molecular flexibility index (Phi) is 3.83. The molecule has 18 heavy (non-hydrogen) atoms. The van der Waals surface area contributed by atoms with Crippen LogP contribution in [0.2, 0.25) is 0 Å². The van der Waals surface area contributed by atoms with Crippen LogP contribution in [0.4, 0.5) is 5.69 Å². The number of anilines is 1. The van der Waals surface area contributed by atoms with Gasteiger partial charge in [0.1, 0.15) is 6.33 Å². The van der Waals surface area contributed by atoms with Gasteiger partial charge in [0.2, 0.25) is 0 Å². The molecule has 0 atom stereocenters. The van der Waals surface area contributed by atoms with E-state index in [-0.39, 0.29) is 5.91 Å². The summed E-state index contributed by atoms with van der Waals surface area (Å²) < 4.78 is 0. The number of aromatic amines is 1. The largest absolute Gasteiger partial charge is 0.399 e. The summed E-state index contributed by atoms with van der Waals surface area (Å²) in [5.74, 6) is -0.125. The van der Waals surface area contributed by atoms with Crippen molar-refractivity contribution in [3.8, 4) is 0 Å². The Balaban J connectivity index is 2.31. The summed E-state index contributed by atoms with van der Waals surface area (Å²) >= 11 is 1.32. The van der Waals surface area contributed by atoms with Crippen LogP contribution in [0.5, 0.6) is 0 Å². The van der Waals surface area contributed by atoms with Gasteiger partial charge in [-0.1, -0.05) is 0 Å². The van der Waals surface area contributed by atoms with Gasteiger partial charge in [0.05, 0.1) is 5.56 Å². The summed E-state index contributed by atoms with van der Waals surface area (Å²) in [6.45, 7) is 2.45. The Hall–Kier alpha value is -2.02. The Morgan fingerprint density at radius 2 is 2.39 bits per heavy atom. The van der Waals surface area contributed by atoms with E-state index in [0.717, 1.165) is 4.90 Å². The average molecular weight is 263 g/mol. The molecule has 1 heterocycles. The first-order valence-corrected chi connectivity index (χ1v) is 6.23. The normalized spacial score (nSPS) is 10.3. The predicted octanol–water partition coefficient (Wildman–Crippen LogP) is 1.29. The fourth-order valence-electron chi connectivity index (χ4n) is 1.41. The van der Waals surface area contributed by atoms with Crippen LogP contribution in [-0.4, -0.2) is 27.6 Å². The molecule has 0 saturated carbocycles. The van der Waals surface area contributed by atoms with Crippen molar-refractivity contribution in [1.82, 2.24) is 20.5 Å². The third-order valence-corrected chi connectivity index (χ3v) is 3.13. The fourth-order valence-corrected chi connectivity index (χ4v) is 2.29. The average Bonchev–Trinajstić information content (AvgIpc) is 2.82. The van der Waals surface area contributed by atoms with Gasteiger partial charge in [-0.15, -0.1) is 0 Å². The molecule has 2 rings (SSSR count). The molecule has 0 radical (unpaired) electrons. The molecule has 1 aromatic heterocycles. The highest BCUT2D eigenvalue weighted by Gasteiger charge is 2.13. The van der Waals surface area contributed by atoms with Crippen molar-refractivity contribution in [2.75, 3.05) is 12.3 Å². The van der Waals surface area contributed by atoms with E-state index in [1.165, 1.54) is 18.1 Å². The molecule has 2 aromatic rings. The van der Waals surface area contributed by atoms with Crippen LogP contribution < -0.4 is 11.1 Å². The van der Waals surface area contributed by atoms with E-state index >= 15 is 0 Å². The molecule has 0 unspecified atom stereocenters. The summed E-state index contributed by atoms with van der Waals surface area (Å²) in [4.78, 5) is 16.7. The summed E-state index contributed by atoms with van der Waals surface area (Å²) in [7, 11) is 0. The van der Waals surface area contributed by atoms with Crippen molar-refractivity contribution >= 4 is 23.4 Å². The minimum absolute atomic E-state index is 0.125. The highest BCUT2D eigenvalue weighted by molar-refractivity contribution is 7.99. The molecule has 94 valence electrons. The van der Waals surface area contributed by atoms with E-state index in [1.54, 1.807) is 18.2 Å². The van der Waals surface area contributed by atoms with E-state index in [9.17, 15) is 4.79 Å². The summed E-state index contributed by atoms with van der Waals surface area (Å²) in [5.41, 5.74) is 6.92. The maximum absolute atomic E-state index is 11.9. The fraction of sp³-hybridized carbons (Fsp3) is 0.182. The van der Waals surface area contributed by atoms with Crippen molar-refractivity contribution in [3.05, 3.63) is 30.1 Å². The van der Waals surface area contributed by atoms with Crippen LogP contribution in [0.1, 0.15) is 17.3 Å². The second kappa shape index (κ2) is 5.54. The van der Waals surface area contributed by atoms with Crippen molar-refractivity contribution in [3.63, 3.8) is 0 Å². The maximum atomic E-state index is 11.9. The second-order valence-corrected chi connectivity index (χ2v) is 4.54. The van der Waals surface area contributed by atoms with Gasteiger partial charge in [-0.3, -0.25) is 9.89 Å². The molecule has 0 spiro atoms. The second-order valence-electron chi connectivity index (χ2n) is 3.51. The maximum Gasteiger partial charge on any atom is 0.252 e. The number of carbonyl (C=O) groups excluding carboxylic acids is 1. The molecule has 7 heteroatoms. The third-order valence-electron chi connectivity index (χ3n) is 2.19. The zero-order valence-corrected chi connectivity index (χ0v) is 10.6. The quantitative estimate of drug-likeness (QED) is 0.722. The van der Waals surface area contributed by atoms with Crippen LogP contribution in [0.3, 0.4) is 0 Å². The van der Waals surface area contributed by atoms with Gasteiger partial charge in [0, 0.05) is 17.1 Å². The lowest BCUT2D eigenvalue weighted by Crippen LogP contribution is -2.23. The van der Waals surface area contributed by atoms with Gasteiger partial charge < -0.3 is 11.1 Å². The SMILES string of the molecule is CCNC(=O)c1ccc(N)cc1Sc1ncn[nH]1. The lowest BCUT2D eigenvalue weighted by Gasteiger charge is -2.08. The van der Waals surface area contributed by atoms with Crippen molar-refractivity contribution in [2.24, 2.45) is 0 Å². The van der Waals surface area contributed by atoms with E-state index < -0.39 is 0 Å². The third kappa shape index (κ3) is 2.80. The monoisotopic (exact) mass is 263 g/mol. The summed E-state index contributed by atoms with van der Waals surface area (Å²) in [6, 6.07) is 5.16. The number of amides is 1. The molecule has 0 fully saturated rings. The topological polar surface area (TPSA) is 96.7 Å². The van der Waals surface area contributed by atoms with Crippen molar-refractivity contribution in [2.45, 2.75) is 17.0 Å². The number of hydrogen-bond acceptors (Lipinski definition) is 5. The molecule has 0 saturated heterocycles. The number of nitrogens with one attached hydrogen (secondary N) is 2. The molecule has 1 amide bonds. The molecular formula is C11H13N5OS. The Morgan fingerprint density at radius 1 is 1.56 bits per heavy atom. The Morgan fingerprint density at radius 3 is 3.06 bits per heavy atom. The first-order chi connectivity index (χ1) is 8.70. The minimum Gasteiger partial charge on any atom is -0.399 e. The first-order valence-electron chi connectivity index (χ1n) is 5.41. The Labute approximate surface area is 108 Å². The Bertz CT molecular complexity index is 540. The van der Waals surface area contributed by atoms with E-state index in [1.807, 2.05) is 6.92 Å². The highest BCUT2D eigenvalue weighted by Crippen LogP contribution is 2.29. The van der Waals surface area contributed by atoms with Crippen molar-refractivity contribution < 1.29 is 4.79 Å². The van der Waals surface area contributed by atoms with Crippen LogP contribution in [0.15, 0.2) is 34.6 Å². The van der Waals surface area contributed by atoms with Crippen LogP contribution in [-0.2, 0) is 0 Å². The number of carbonyl (C=O) groups is 1. The molecule has 0 aliphatic rings. The molecule has 1 aromatic carbocycles. The number of rotatable bonds is 4. The molecular weight excluding hydrogens is 250 g/mol. The minimum atomic E-state index is -0.125. The standard InChI is InChI=1S/C11H13N5OS/c1-2-13-10(17)8-4-3-7(12)5-9(8)18-11-14-6-15-16-11/h3-6H,2,12H2,1H3,(H,13,17)(H,14,15,16). The van der Waals surface area contributed by atoms with Crippen LogP contribution in [0, 0.1) is 0 Å². The summed E-state index contributed by atoms with van der Waals surface area (Å²) in [6.07, 6.45) is 1.42. The van der Waals surface area contributed by atoms with Gasteiger partial charge in [-0.2, -0.15) is 5.10 Å². The number of aromatic nitrogens is 3. The van der Waals surface area contributed by atoms with Gasteiger partial charge in [0.25, 0.3) is 5.91 Å². The summed E-state index contributed by atoms with van der Waals surface area (Å²) in [5, 5.41) is 9.87. The van der Waals surface area contributed by atoms with Gasteiger partial charge in [0.15, 0.2) is 5.16 Å². The number of H-pyrrole nitrogens is 1. The number of nitrogens with zero attached hydrogens (tertiary/aromatic N) is 2. The molecule has 0 aliphatic carbocycles. The lowest BCUT2D eigenvalue weighted by atomic mass is 10.2. The highest BCUT2D eigenvalue weighted by atomic mass is 32.2. The smallest absolute Gasteiger partial charge is 0.252 e. The zero-order chi connectivity index (χ0) is 13.0. The number of nitrogens with two attached hydrogens (primary N) is 1. The van der Waals surface area contributed by atoms with E-state index in [0.29, 0.717) is 23.0 Å². The van der Waals surface area contributed by atoms with Crippen LogP contribution in [0.25, 0.3) is 0 Å². The van der Waals surface area contributed by atoms with Gasteiger partial charge >= 0.3 is 0 Å². The van der Waals surface area contributed by atoms with Crippen molar-refractivity contribution in [1.29, 1.82) is 0 Å². The molecule has 6 nitrogen and oxygen atoms in total. The number of hydrogen-bond donors (Lipinski definition) is 3.